The number of benzene rings is 1. The van der Waals surface area contributed by atoms with Crippen LogP contribution in [-0.4, -0.2) is 22.0 Å². The molecule has 0 aromatic heterocycles. The van der Waals surface area contributed by atoms with Gasteiger partial charge in [-0.3, -0.25) is 4.21 Å². The third-order valence-corrected chi connectivity index (χ3v) is 6.32. The Morgan fingerprint density at radius 3 is 2.60 bits per heavy atom. The molecule has 0 saturated heterocycles. The van der Waals surface area contributed by atoms with Crippen LogP contribution in [-0.2, 0) is 16.6 Å². The molecule has 0 heterocycles. The fourth-order valence-electron chi connectivity index (χ4n) is 3.10. The normalized spacial score (nSPS) is 26.6. The molecule has 1 fully saturated rings. The Bertz CT molecular complexity index is 472. The van der Waals surface area contributed by atoms with Crippen LogP contribution in [0.1, 0.15) is 39.2 Å². The molecule has 2 rings (SSSR count). The molecule has 0 radical (unpaired) electrons. The van der Waals surface area contributed by atoms with Gasteiger partial charge in [0.2, 0.25) is 0 Å². The predicted molar refractivity (Wildman–Crippen MR) is 87.6 cm³/mol. The summed E-state index contributed by atoms with van der Waals surface area (Å²) in [7, 11) is -0.837. The van der Waals surface area contributed by atoms with Crippen molar-refractivity contribution in [3.63, 3.8) is 0 Å². The molecule has 0 bridgehead atoms. The molecule has 20 heavy (non-hydrogen) atoms. The first kappa shape index (κ1) is 16.0. The summed E-state index contributed by atoms with van der Waals surface area (Å²) in [5.74, 6) is 0.625. The highest BCUT2D eigenvalue weighted by molar-refractivity contribution is 7.84. The zero-order valence-electron chi connectivity index (χ0n) is 12.5. The lowest BCUT2D eigenvalue weighted by molar-refractivity contribution is 0.289. The average Bonchev–Trinajstić information content (AvgIpc) is 2.69. The van der Waals surface area contributed by atoms with E-state index < -0.39 is 10.8 Å². The molecular formula is C16H24ClNOS. The molecule has 0 spiro atoms. The van der Waals surface area contributed by atoms with E-state index in [-0.39, 0.29) is 10.7 Å². The van der Waals surface area contributed by atoms with Gasteiger partial charge in [-0.1, -0.05) is 44.5 Å². The van der Waals surface area contributed by atoms with Gasteiger partial charge in [-0.2, -0.15) is 0 Å². The van der Waals surface area contributed by atoms with E-state index >= 15 is 0 Å². The Hall–Kier alpha value is -0.380. The van der Waals surface area contributed by atoms with Crippen LogP contribution in [0.5, 0.6) is 0 Å². The highest BCUT2D eigenvalue weighted by atomic mass is 35.5. The second-order valence-corrected chi connectivity index (χ2v) is 8.34. The van der Waals surface area contributed by atoms with E-state index in [9.17, 15) is 4.21 Å². The Morgan fingerprint density at radius 1 is 1.35 bits per heavy atom. The fourth-order valence-corrected chi connectivity index (χ4v) is 5.11. The Morgan fingerprint density at radius 2 is 2.00 bits per heavy atom. The van der Waals surface area contributed by atoms with Gasteiger partial charge in [0.1, 0.15) is 0 Å². The maximum absolute atomic E-state index is 12.7. The molecule has 4 heteroatoms. The molecule has 0 amide bonds. The van der Waals surface area contributed by atoms with Gasteiger partial charge in [-0.05, 0) is 42.5 Å². The summed E-state index contributed by atoms with van der Waals surface area (Å²) >= 11 is 5.89. The first-order valence-electron chi connectivity index (χ1n) is 7.29. The molecule has 1 N–H and O–H groups in total. The second-order valence-electron chi connectivity index (χ2n) is 6.25. The summed E-state index contributed by atoms with van der Waals surface area (Å²) in [5.41, 5.74) is 1.34. The molecule has 1 aliphatic rings. The monoisotopic (exact) mass is 313 g/mol. The predicted octanol–water partition coefficient (Wildman–Crippen LogP) is 3.76. The first-order valence-corrected chi connectivity index (χ1v) is 9.05. The van der Waals surface area contributed by atoms with Gasteiger partial charge in [0, 0.05) is 27.6 Å². The Labute approximate surface area is 129 Å². The van der Waals surface area contributed by atoms with Crippen molar-refractivity contribution in [3.05, 3.63) is 34.9 Å². The van der Waals surface area contributed by atoms with E-state index in [2.05, 4.69) is 26.1 Å². The van der Waals surface area contributed by atoms with Crippen LogP contribution < -0.4 is 5.32 Å². The van der Waals surface area contributed by atoms with E-state index in [4.69, 9.17) is 11.6 Å². The molecule has 1 aromatic rings. The van der Waals surface area contributed by atoms with Crippen molar-refractivity contribution in [2.24, 2.45) is 5.41 Å². The maximum Gasteiger partial charge on any atom is 0.0510 e. The minimum absolute atomic E-state index is 0.232. The highest BCUT2D eigenvalue weighted by Crippen LogP contribution is 2.40. The molecule has 112 valence electrons. The van der Waals surface area contributed by atoms with Crippen molar-refractivity contribution >= 4 is 22.4 Å². The topological polar surface area (TPSA) is 29.1 Å². The van der Waals surface area contributed by atoms with Crippen molar-refractivity contribution in [1.29, 1.82) is 0 Å². The van der Waals surface area contributed by atoms with Gasteiger partial charge in [-0.15, -0.1) is 0 Å². The van der Waals surface area contributed by atoms with Crippen molar-refractivity contribution in [2.45, 2.75) is 50.7 Å². The highest BCUT2D eigenvalue weighted by Gasteiger charge is 2.43. The second kappa shape index (κ2) is 6.59. The number of hydrogen-bond acceptors (Lipinski definition) is 2. The zero-order chi connectivity index (χ0) is 14.8. The van der Waals surface area contributed by atoms with E-state index in [0.717, 1.165) is 30.0 Å². The first-order chi connectivity index (χ1) is 9.44. The number of hydrogen-bond donors (Lipinski definition) is 1. The quantitative estimate of drug-likeness (QED) is 0.897. The lowest BCUT2D eigenvalue weighted by Crippen LogP contribution is -2.46. The van der Waals surface area contributed by atoms with Gasteiger partial charge in [-0.25, -0.2) is 0 Å². The Balaban J connectivity index is 2.06. The molecule has 3 atom stereocenters. The van der Waals surface area contributed by atoms with Gasteiger partial charge < -0.3 is 5.32 Å². The van der Waals surface area contributed by atoms with Gasteiger partial charge in [0.05, 0.1) is 5.25 Å². The smallest absolute Gasteiger partial charge is 0.0510 e. The fraction of sp³-hybridized carbons (Fsp3) is 0.625. The van der Waals surface area contributed by atoms with Gasteiger partial charge >= 0.3 is 0 Å². The average molecular weight is 314 g/mol. The van der Waals surface area contributed by atoms with Crippen LogP contribution in [0.15, 0.2) is 24.3 Å². The summed E-state index contributed by atoms with van der Waals surface area (Å²) in [6, 6.07) is 8.04. The minimum atomic E-state index is -0.837. The van der Waals surface area contributed by atoms with Crippen LogP contribution in [0.25, 0.3) is 0 Å². The van der Waals surface area contributed by atoms with Gasteiger partial charge in [0.15, 0.2) is 0 Å². The van der Waals surface area contributed by atoms with Crippen LogP contribution in [0.3, 0.4) is 0 Å². The minimum Gasteiger partial charge on any atom is -0.313 e. The summed E-state index contributed by atoms with van der Waals surface area (Å²) in [4.78, 5) is 0. The molecule has 1 aromatic carbocycles. The molecule has 2 nitrogen and oxygen atoms in total. The lowest BCUT2D eigenvalue weighted by atomic mass is 9.87. The lowest BCUT2D eigenvalue weighted by Gasteiger charge is -2.31. The van der Waals surface area contributed by atoms with Crippen molar-refractivity contribution in [2.75, 3.05) is 6.54 Å². The third-order valence-electron chi connectivity index (χ3n) is 4.27. The van der Waals surface area contributed by atoms with Crippen molar-refractivity contribution in [1.82, 2.24) is 5.32 Å². The van der Waals surface area contributed by atoms with Crippen LogP contribution in [0.4, 0.5) is 0 Å². The summed E-state index contributed by atoms with van der Waals surface area (Å²) in [6.07, 6.45) is 2.19. The van der Waals surface area contributed by atoms with Crippen molar-refractivity contribution < 1.29 is 4.21 Å². The third kappa shape index (κ3) is 3.63. The van der Waals surface area contributed by atoms with E-state index in [1.54, 1.807) is 0 Å². The molecule has 0 aliphatic heterocycles. The molecule has 1 aliphatic carbocycles. The van der Waals surface area contributed by atoms with E-state index in [1.165, 1.54) is 0 Å². The Kier molecular flexibility index (Phi) is 5.27. The van der Waals surface area contributed by atoms with Crippen LogP contribution in [0, 0.1) is 5.41 Å². The largest absolute Gasteiger partial charge is 0.313 e. The standard InChI is InChI=1S/C16H24ClNOS/c1-4-18-15-14(9-10-16(15,2)3)20(19)11-12-5-7-13(17)8-6-12/h5-8,14-15,18H,4,9-11H2,1-3H3. The molecule has 3 unspecified atom stereocenters. The van der Waals surface area contributed by atoms with E-state index in [0.29, 0.717) is 11.8 Å². The number of nitrogens with one attached hydrogen (secondary N) is 1. The number of rotatable bonds is 5. The van der Waals surface area contributed by atoms with E-state index in [1.807, 2.05) is 24.3 Å². The summed E-state index contributed by atoms with van der Waals surface area (Å²) in [5, 5.41) is 4.53. The summed E-state index contributed by atoms with van der Waals surface area (Å²) < 4.78 is 12.7. The summed E-state index contributed by atoms with van der Waals surface area (Å²) in [6.45, 7) is 7.61. The van der Waals surface area contributed by atoms with Crippen LogP contribution >= 0.6 is 11.6 Å². The molecule has 1 saturated carbocycles. The maximum atomic E-state index is 12.7. The SMILES string of the molecule is CCNC1C(S(=O)Cc2ccc(Cl)cc2)CCC1(C)C. The van der Waals surface area contributed by atoms with Crippen molar-refractivity contribution in [3.8, 4) is 0 Å². The molecular weight excluding hydrogens is 290 g/mol. The van der Waals surface area contributed by atoms with Crippen LogP contribution in [0.2, 0.25) is 5.02 Å². The zero-order valence-corrected chi connectivity index (χ0v) is 14.1. The van der Waals surface area contributed by atoms with Gasteiger partial charge in [0.25, 0.3) is 0 Å². The number of halogens is 1.